The van der Waals surface area contributed by atoms with Crippen molar-refractivity contribution < 1.29 is 14.3 Å². The van der Waals surface area contributed by atoms with Crippen molar-refractivity contribution in [3.05, 3.63) is 47.4 Å². The van der Waals surface area contributed by atoms with Crippen LogP contribution in [-0.4, -0.2) is 23.5 Å². The molecule has 2 rings (SSSR count). The van der Waals surface area contributed by atoms with Gasteiger partial charge in [-0.3, -0.25) is 4.79 Å². The van der Waals surface area contributed by atoms with E-state index >= 15 is 0 Å². The topological polar surface area (TPSA) is 53.1 Å². The van der Waals surface area contributed by atoms with Gasteiger partial charge in [0.1, 0.15) is 5.82 Å². The highest BCUT2D eigenvalue weighted by atomic mass is 19.1. The monoisotopic (exact) mass is 235 g/mol. The molecule has 0 fully saturated rings. The first-order valence-corrected chi connectivity index (χ1v) is 5.06. The Labute approximate surface area is 98.9 Å². The van der Waals surface area contributed by atoms with E-state index in [1.807, 2.05) is 6.92 Å². The van der Waals surface area contributed by atoms with E-state index in [1.54, 1.807) is 18.2 Å². The molecule has 1 heterocycles. The summed E-state index contributed by atoms with van der Waals surface area (Å²) in [6.45, 7) is 1.83. The standard InChI is InChI=1S/C12H10FNO.CH4O/c1-8-10(7-15)6-12(14-8)9-2-4-11(13)5-3-9;1-2/h2-7,14H,1H3;2H,1H3. The fraction of sp³-hybridized carbons (Fsp3) is 0.154. The number of aliphatic hydroxyl groups is 1. The number of aldehydes is 1. The third-order valence-electron chi connectivity index (χ3n) is 2.34. The van der Waals surface area contributed by atoms with Crippen molar-refractivity contribution in [2.75, 3.05) is 7.11 Å². The summed E-state index contributed by atoms with van der Waals surface area (Å²) in [6, 6.07) is 7.90. The number of halogens is 1. The molecule has 0 radical (unpaired) electrons. The van der Waals surface area contributed by atoms with Crippen LogP contribution in [0.1, 0.15) is 16.1 Å². The number of carbonyl (C=O) groups excluding carboxylic acids is 1. The van der Waals surface area contributed by atoms with E-state index in [-0.39, 0.29) is 5.82 Å². The molecular weight excluding hydrogens is 221 g/mol. The summed E-state index contributed by atoms with van der Waals surface area (Å²) in [6.07, 6.45) is 0.804. The third-order valence-corrected chi connectivity index (χ3v) is 2.34. The predicted octanol–water partition coefficient (Wildman–Crippen LogP) is 2.55. The molecule has 0 saturated carbocycles. The Balaban J connectivity index is 0.000000686. The van der Waals surface area contributed by atoms with E-state index in [2.05, 4.69) is 4.98 Å². The minimum atomic E-state index is -0.266. The van der Waals surface area contributed by atoms with Gasteiger partial charge in [-0.1, -0.05) is 0 Å². The summed E-state index contributed by atoms with van der Waals surface area (Å²) < 4.78 is 12.7. The van der Waals surface area contributed by atoms with Gasteiger partial charge in [-0.15, -0.1) is 0 Å². The maximum atomic E-state index is 12.7. The Morgan fingerprint density at radius 3 is 2.29 bits per heavy atom. The van der Waals surface area contributed by atoms with Gasteiger partial charge in [0.2, 0.25) is 0 Å². The van der Waals surface area contributed by atoms with Crippen molar-refractivity contribution in [3.63, 3.8) is 0 Å². The van der Waals surface area contributed by atoms with Crippen LogP contribution in [0.25, 0.3) is 11.3 Å². The molecule has 0 aliphatic rings. The number of aromatic nitrogens is 1. The van der Waals surface area contributed by atoms with Crippen molar-refractivity contribution in [2.45, 2.75) is 6.92 Å². The van der Waals surface area contributed by atoms with E-state index in [1.165, 1.54) is 12.1 Å². The molecule has 1 aromatic heterocycles. The Kier molecular flexibility index (Phi) is 4.60. The largest absolute Gasteiger partial charge is 0.400 e. The molecule has 0 aliphatic heterocycles. The van der Waals surface area contributed by atoms with Crippen LogP contribution >= 0.6 is 0 Å². The molecule has 90 valence electrons. The van der Waals surface area contributed by atoms with Crippen molar-refractivity contribution in [2.24, 2.45) is 0 Å². The van der Waals surface area contributed by atoms with E-state index in [0.717, 1.165) is 30.3 Å². The van der Waals surface area contributed by atoms with Crippen LogP contribution < -0.4 is 0 Å². The van der Waals surface area contributed by atoms with Crippen molar-refractivity contribution in [1.82, 2.24) is 4.98 Å². The lowest BCUT2D eigenvalue weighted by atomic mass is 10.1. The normalized spacial score (nSPS) is 9.41. The minimum Gasteiger partial charge on any atom is -0.400 e. The van der Waals surface area contributed by atoms with Gasteiger partial charge in [0, 0.05) is 24.1 Å². The van der Waals surface area contributed by atoms with Crippen molar-refractivity contribution >= 4 is 6.29 Å². The predicted molar refractivity (Wildman–Crippen MR) is 64.5 cm³/mol. The zero-order valence-electron chi connectivity index (χ0n) is 9.70. The smallest absolute Gasteiger partial charge is 0.151 e. The summed E-state index contributed by atoms with van der Waals surface area (Å²) >= 11 is 0. The maximum Gasteiger partial charge on any atom is 0.151 e. The number of rotatable bonds is 2. The molecule has 0 saturated heterocycles. The lowest BCUT2D eigenvalue weighted by Crippen LogP contribution is -1.79. The van der Waals surface area contributed by atoms with Gasteiger partial charge >= 0.3 is 0 Å². The average molecular weight is 235 g/mol. The summed E-state index contributed by atoms with van der Waals surface area (Å²) in [5, 5.41) is 7.00. The number of benzene rings is 1. The van der Waals surface area contributed by atoms with Crippen LogP contribution in [0.4, 0.5) is 4.39 Å². The van der Waals surface area contributed by atoms with E-state index in [0.29, 0.717) is 5.56 Å². The molecule has 1 aromatic carbocycles. The molecule has 3 nitrogen and oxygen atoms in total. The van der Waals surface area contributed by atoms with Gasteiger partial charge in [-0.05, 0) is 42.8 Å². The Hall–Kier alpha value is -1.94. The fourth-order valence-electron chi connectivity index (χ4n) is 1.48. The quantitative estimate of drug-likeness (QED) is 0.786. The number of hydrogen-bond acceptors (Lipinski definition) is 2. The highest BCUT2D eigenvalue weighted by Crippen LogP contribution is 2.20. The summed E-state index contributed by atoms with van der Waals surface area (Å²) in [4.78, 5) is 13.7. The van der Waals surface area contributed by atoms with E-state index in [4.69, 9.17) is 5.11 Å². The molecule has 0 atom stereocenters. The highest BCUT2D eigenvalue weighted by Gasteiger charge is 2.05. The zero-order valence-corrected chi connectivity index (χ0v) is 9.70. The van der Waals surface area contributed by atoms with Gasteiger partial charge < -0.3 is 10.1 Å². The molecular formula is C13H14FNO2. The number of aromatic amines is 1. The lowest BCUT2D eigenvalue weighted by Gasteiger charge is -1.96. The zero-order chi connectivity index (χ0) is 12.8. The second-order valence-electron chi connectivity index (χ2n) is 3.39. The summed E-state index contributed by atoms with van der Waals surface area (Å²) in [5.41, 5.74) is 3.15. The lowest BCUT2D eigenvalue weighted by molar-refractivity contribution is 0.112. The first-order valence-electron chi connectivity index (χ1n) is 5.06. The molecule has 2 aromatic rings. The number of H-pyrrole nitrogens is 1. The molecule has 0 unspecified atom stereocenters. The number of hydrogen-bond donors (Lipinski definition) is 2. The average Bonchev–Trinajstić information content (AvgIpc) is 2.74. The molecule has 2 N–H and O–H groups in total. The van der Waals surface area contributed by atoms with Crippen molar-refractivity contribution in [3.8, 4) is 11.3 Å². The van der Waals surface area contributed by atoms with Crippen molar-refractivity contribution in [1.29, 1.82) is 0 Å². The number of carbonyl (C=O) groups is 1. The van der Waals surface area contributed by atoms with Gasteiger partial charge in [0.15, 0.2) is 6.29 Å². The minimum absolute atomic E-state index is 0.266. The Morgan fingerprint density at radius 1 is 1.24 bits per heavy atom. The van der Waals surface area contributed by atoms with E-state index < -0.39 is 0 Å². The van der Waals surface area contributed by atoms with Crippen LogP contribution in [0.2, 0.25) is 0 Å². The molecule has 0 spiro atoms. The summed E-state index contributed by atoms with van der Waals surface area (Å²) in [7, 11) is 1.00. The maximum absolute atomic E-state index is 12.7. The number of aliphatic hydroxyl groups excluding tert-OH is 1. The molecule has 0 aliphatic carbocycles. The molecule has 0 bridgehead atoms. The number of nitrogens with one attached hydrogen (secondary N) is 1. The fourth-order valence-corrected chi connectivity index (χ4v) is 1.48. The molecule has 0 amide bonds. The third kappa shape index (κ3) is 3.01. The van der Waals surface area contributed by atoms with Gasteiger partial charge in [-0.2, -0.15) is 0 Å². The highest BCUT2D eigenvalue weighted by molar-refractivity contribution is 5.80. The molecule has 17 heavy (non-hydrogen) atoms. The Bertz CT molecular complexity index is 489. The Morgan fingerprint density at radius 2 is 1.82 bits per heavy atom. The number of aryl methyl sites for hydroxylation is 1. The van der Waals surface area contributed by atoms with E-state index in [9.17, 15) is 9.18 Å². The molecule has 4 heteroatoms. The first-order chi connectivity index (χ1) is 8.20. The second kappa shape index (κ2) is 5.96. The van der Waals surface area contributed by atoms with Crippen LogP contribution in [0, 0.1) is 12.7 Å². The summed E-state index contributed by atoms with van der Waals surface area (Å²) in [5.74, 6) is -0.266. The van der Waals surface area contributed by atoms with Gasteiger partial charge in [0.05, 0.1) is 0 Å². The second-order valence-corrected chi connectivity index (χ2v) is 3.39. The SMILES string of the molecule is CO.Cc1[nH]c(-c2ccc(F)cc2)cc1C=O. The van der Waals surface area contributed by atoms with Crippen LogP contribution in [0.5, 0.6) is 0 Å². The van der Waals surface area contributed by atoms with Gasteiger partial charge in [-0.25, -0.2) is 4.39 Å². The van der Waals surface area contributed by atoms with Crippen LogP contribution in [0.15, 0.2) is 30.3 Å². The van der Waals surface area contributed by atoms with Gasteiger partial charge in [0.25, 0.3) is 0 Å². The first kappa shape index (κ1) is 13.1. The van der Waals surface area contributed by atoms with Crippen LogP contribution in [0.3, 0.4) is 0 Å². The van der Waals surface area contributed by atoms with Crippen LogP contribution in [-0.2, 0) is 0 Å².